The Balaban J connectivity index is 1.72. The van der Waals surface area contributed by atoms with Crippen molar-refractivity contribution in [2.24, 2.45) is 7.05 Å². The molecule has 1 aromatic heterocycles. The molecule has 0 saturated carbocycles. The molecule has 2 aromatic carbocycles. The topological polar surface area (TPSA) is 64.0 Å². The number of rotatable bonds is 5. The number of aromatic nitrogens is 2. The fourth-order valence-electron chi connectivity index (χ4n) is 2.33. The summed E-state index contributed by atoms with van der Waals surface area (Å²) in [6.07, 6.45) is 2.19. The standard InChI is InChI=1S/C16H17N3O2S/c1-19-12-17-15-11-14(7-8-16(15)19)18-22(20,21)10-9-13-5-3-2-4-6-13/h2-8,11-12,18H,9-10H2,1H3. The zero-order valence-electron chi connectivity index (χ0n) is 12.2. The van der Waals surface area contributed by atoms with Crippen LogP contribution >= 0.6 is 0 Å². The minimum Gasteiger partial charge on any atom is -0.334 e. The van der Waals surface area contributed by atoms with E-state index < -0.39 is 10.0 Å². The second-order valence-corrected chi connectivity index (χ2v) is 7.06. The van der Waals surface area contributed by atoms with Crippen LogP contribution in [0, 0.1) is 0 Å². The van der Waals surface area contributed by atoms with Gasteiger partial charge >= 0.3 is 0 Å². The van der Waals surface area contributed by atoms with E-state index in [0.29, 0.717) is 12.1 Å². The number of aryl methyl sites for hydroxylation is 2. The summed E-state index contributed by atoms with van der Waals surface area (Å²) in [5, 5.41) is 0. The molecule has 3 rings (SSSR count). The number of hydrogen-bond donors (Lipinski definition) is 1. The molecule has 6 heteroatoms. The highest BCUT2D eigenvalue weighted by molar-refractivity contribution is 7.92. The molecule has 0 radical (unpaired) electrons. The summed E-state index contributed by atoms with van der Waals surface area (Å²) in [7, 11) is -1.48. The molecular formula is C16H17N3O2S. The first-order valence-electron chi connectivity index (χ1n) is 6.99. The van der Waals surface area contributed by atoms with Crippen LogP contribution in [-0.4, -0.2) is 23.7 Å². The van der Waals surface area contributed by atoms with Crippen molar-refractivity contribution in [1.29, 1.82) is 0 Å². The third kappa shape index (κ3) is 3.28. The molecule has 0 aliphatic carbocycles. The smallest absolute Gasteiger partial charge is 0.233 e. The Morgan fingerprint density at radius 3 is 2.68 bits per heavy atom. The number of hydrogen-bond acceptors (Lipinski definition) is 3. The van der Waals surface area contributed by atoms with Gasteiger partial charge in [-0.05, 0) is 30.2 Å². The summed E-state index contributed by atoms with van der Waals surface area (Å²) in [6, 6.07) is 14.9. The van der Waals surface area contributed by atoms with Gasteiger partial charge in [0.15, 0.2) is 0 Å². The summed E-state index contributed by atoms with van der Waals surface area (Å²) in [5.74, 6) is 0.0528. The number of nitrogens with one attached hydrogen (secondary N) is 1. The number of benzene rings is 2. The first-order chi connectivity index (χ1) is 10.5. The van der Waals surface area contributed by atoms with Crippen molar-refractivity contribution in [3.63, 3.8) is 0 Å². The SMILES string of the molecule is Cn1cnc2cc(NS(=O)(=O)CCc3ccccc3)ccc21. The zero-order chi connectivity index (χ0) is 15.6. The first kappa shape index (κ1) is 14.6. The predicted molar refractivity (Wildman–Crippen MR) is 88.3 cm³/mol. The minimum absolute atomic E-state index is 0.0528. The van der Waals surface area contributed by atoms with Crippen molar-refractivity contribution in [2.75, 3.05) is 10.5 Å². The highest BCUT2D eigenvalue weighted by Crippen LogP contribution is 2.18. The maximum absolute atomic E-state index is 12.2. The predicted octanol–water partition coefficient (Wildman–Crippen LogP) is 2.56. The highest BCUT2D eigenvalue weighted by atomic mass is 32.2. The number of nitrogens with zero attached hydrogens (tertiary/aromatic N) is 2. The fraction of sp³-hybridized carbons (Fsp3) is 0.188. The number of sulfonamides is 1. The lowest BCUT2D eigenvalue weighted by Crippen LogP contribution is -2.18. The monoisotopic (exact) mass is 315 g/mol. The Labute approximate surface area is 129 Å². The number of imidazole rings is 1. The van der Waals surface area contributed by atoms with Crippen LogP contribution in [0.5, 0.6) is 0 Å². The normalized spacial score (nSPS) is 11.7. The van der Waals surface area contributed by atoms with Crippen LogP contribution in [0.25, 0.3) is 11.0 Å². The van der Waals surface area contributed by atoms with Gasteiger partial charge < -0.3 is 4.57 Å². The van der Waals surface area contributed by atoms with Crippen molar-refractivity contribution in [1.82, 2.24) is 9.55 Å². The van der Waals surface area contributed by atoms with E-state index in [2.05, 4.69) is 9.71 Å². The Kier molecular flexibility index (Phi) is 3.85. The van der Waals surface area contributed by atoms with E-state index in [1.54, 1.807) is 18.5 Å². The van der Waals surface area contributed by atoms with Gasteiger partial charge in [-0.1, -0.05) is 30.3 Å². The molecule has 1 heterocycles. The summed E-state index contributed by atoms with van der Waals surface area (Å²) in [4.78, 5) is 4.23. The van der Waals surface area contributed by atoms with Crippen LogP contribution in [0.4, 0.5) is 5.69 Å². The van der Waals surface area contributed by atoms with Gasteiger partial charge in [0, 0.05) is 7.05 Å². The summed E-state index contributed by atoms with van der Waals surface area (Å²) in [5.41, 5.74) is 3.28. The van der Waals surface area contributed by atoms with Crippen LogP contribution < -0.4 is 4.72 Å². The quantitative estimate of drug-likeness (QED) is 0.787. The molecule has 1 N–H and O–H groups in total. The second-order valence-electron chi connectivity index (χ2n) is 5.22. The molecule has 0 aliphatic rings. The van der Waals surface area contributed by atoms with Crippen molar-refractivity contribution in [2.45, 2.75) is 6.42 Å². The van der Waals surface area contributed by atoms with E-state index in [1.165, 1.54) is 0 Å². The molecule has 22 heavy (non-hydrogen) atoms. The molecule has 0 aliphatic heterocycles. The molecule has 5 nitrogen and oxygen atoms in total. The molecule has 0 saturated heterocycles. The van der Waals surface area contributed by atoms with E-state index in [9.17, 15) is 8.42 Å². The van der Waals surface area contributed by atoms with Crippen molar-refractivity contribution >= 4 is 26.7 Å². The molecule has 114 valence electrons. The average Bonchev–Trinajstić information content (AvgIpc) is 2.87. The minimum atomic E-state index is -3.38. The average molecular weight is 315 g/mol. The maximum atomic E-state index is 12.2. The van der Waals surface area contributed by atoms with Crippen LogP contribution in [-0.2, 0) is 23.5 Å². The Morgan fingerprint density at radius 1 is 1.14 bits per heavy atom. The summed E-state index contributed by atoms with van der Waals surface area (Å²) < 4.78 is 28.9. The number of fused-ring (bicyclic) bond motifs is 1. The van der Waals surface area contributed by atoms with Gasteiger partial charge in [-0.2, -0.15) is 0 Å². The van der Waals surface area contributed by atoms with Crippen LogP contribution in [0.15, 0.2) is 54.9 Å². The van der Waals surface area contributed by atoms with Gasteiger partial charge in [0.25, 0.3) is 0 Å². The zero-order valence-corrected chi connectivity index (χ0v) is 13.0. The maximum Gasteiger partial charge on any atom is 0.233 e. The van der Waals surface area contributed by atoms with Crippen LogP contribution in [0.1, 0.15) is 5.56 Å². The molecule has 0 atom stereocenters. The lowest BCUT2D eigenvalue weighted by molar-refractivity contribution is 0.600. The van der Waals surface area contributed by atoms with E-state index in [-0.39, 0.29) is 5.75 Å². The van der Waals surface area contributed by atoms with Gasteiger partial charge in [-0.15, -0.1) is 0 Å². The second kappa shape index (κ2) is 5.81. The Bertz CT molecular complexity index is 886. The van der Waals surface area contributed by atoms with Crippen molar-refractivity contribution < 1.29 is 8.42 Å². The molecule has 0 bridgehead atoms. The largest absolute Gasteiger partial charge is 0.334 e. The Morgan fingerprint density at radius 2 is 1.91 bits per heavy atom. The van der Waals surface area contributed by atoms with Gasteiger partial charge in [0.2, 0.25) is 10.0 Å². The molecule has 0 unspecified atom stereocenters. The first-order valence-corrected chi connectivity index (χ1v) is 8.64. The van der Waals surface area contributed by atoms with Crippen LogP contribution in [0.3, 0.4) is 0 Å². The van der Waals surface area contributed by atoms with Crippen molar-refractivity contribution in [3.8, 4) is 0 Å². The highest BCUT2D eigenvalue weighted by Gasteiger charge is 2.11. The molecule has 0 spiro atoms. The number of anilines is 1. The van der Waals surface area contributed by atoms with E-state index in [0.717, 1.165) is 16.6 Å². The van der Waals surface area contributed by atoms with Crippen LogP contribution in [0.2, 0.25) is 0 Å². The molecule has 3 aromatic rings. The summed E-state index contributed by atoms with van der Waals surface area (Å²) >= 11 is 0. The summed E-state index contributed by atoms with van der Waals surface area (Å²) in [6.45, 7) is 0. The van der Waals surface area contributed by atoms with Gasteiger partial charge in [-0.25, -0.2) is 13.4 Å². The lowest BCUT2D eigenvalue weighted by Gasteiger charge is -2.08. The van der Waals surface area contributed by atoms with Gasteiger partial charge in [0.05, 0.1) is 28.8 Å². The van der Waals surface area contributed by atoms with E-state index >= 15 is 0 Å². The fourth-order valence-corrected chi connectivity index (χ4v) is 3.42. The third-order valence-corrected chi connectivity index (χ3v) is 4.79. The van der Waals surface area contributed by atoms with Crippen molar-refractivity contribution in [3.05, 3.63) is 60.4 Å². The lowest BCUT2D eigenvalue weighted by atomic mass is 10.2. The van der Waals surface area contributed by atoms with E-state index in [1.807, 2.05) is 48.0 Å². The molecular weight excluding hydrogens is 298 g/mol. The molecule has 0 amide bonds. The van der Waals surface area contributed by atoms with Gasteiger partial charge in [-0.3, -0.25) is 4.72 Å². The molecule has 0 fully saturated rings. The third-order valence-electron chi connectivity index (χ3n) is 3.50. The Hall–Kier alpha value is -2.34. The van der Waals surface area contributed by atoms with E-state index in [4.69, 9.17) is 0 Å². The van der Waals surface area contributed by atoms with Gasteiger partial charge in [0.1, 0.15) is 0 Å².